The van der Waals surface area contributed by atoms with Crippen LogP contribution in [0.15, 0.2) is 60.7 Å². The first kappa shape index (κ1) is 17.7. The standard InChI is InChI=1S/C20H21N3O3/c1-15-19(25)22(20(26)23(15)17-10-6-3-7-11-17)14-18(24)21-13-12-16-8-4-2-5-9-16/h2-11,15H,12-14H2,1H3,(H,21,24)/t15-/m1/s1. The van der Waals surface area contributed by atoms with Gasteiger partial charge in [-0.15, -0.1) is 0 Å². The molecule has 3 rings (SSSR count). The van der Waals surface area contributed by atoms with Crippen molar-refractivity contribution in [1.82, 2.24) is 10.2 Å². The Hall–Kier alpha value is -3.15. The Morgan fingerprint density at radius 2 is 1.62 bits per heavy atom. The molecule has 1 fully saturated rings. The van der Waals surface area contributed by atoms with Gasteiger partial charge >= 0.3 is 6.03 Å². The molecule has 0 radical (unpaired) electrons. The molecule has 2 aromatic rings. The quantitative estimate of drug-likeness (QED) is 0.811. The summed E-state index contributed by atoms with van der Waals surface area (Å²) in [6.07, 6.45) is 0.695. The van der Waals surface area contributed by atoms with E-state index in [9.17, 15) is 14.4 Å². The highest BCUT2D eigenvalue weighted by Crippen LogP contribution is 2.25. The predicted molar refractivity (Wildman–Crippen MR) is 98.6 cm³/mol. The van der Waals surface area contributed by atoms with Crippen molar-refractivity contribution >= 4 is 23.5 Å². The van der Waals surface area contributed by atoms with Crippen LogP contribution in [0.25, 0.3) is 0 Å². The second-order valence-electron chi connectivity index (χ2n) is 6.17. The second kappa shape index (κ2) is 7.82. The summed E-state index contributed by atoms with van der Waals surface area (Å²) in [7, 11) is 0. The first-order valence-corrected chi connectivity index (χ1v) is 8.58. The van der Waals surface area contributed by atoms with Gasteiger partial charge in [-0.25, -0.2) is 4.79 Å². The molecule has 1 atom stereocenters. The van der Waals surface area contributed by atoms with E-state index in [1.165, 1.54) is 4.90 Å². The maximum absolute atomic E-state index is 12.6. The van der Waals surface area contributed by atoms with Gasteiger partial charge in [0, 0.05) is 12.2 Å². The summed E-state index contributed by atoms with van der Waals surface area (Å²) in [5.74, 6) is -0.707. The maximum Gasteiger partial charge on any atom is 0.332 e. The zero-order valence-corrected chi connectivity index (χ0v) is 14.6. The molecule has 26 heavy (non-hydrogen) atoms. The van der Waals surface area contributed by atoms with Crippen molar-refractivity contribution in [3.05, 3.63) is 66.2 Å². The van der Waals surface area contributed by atoms with Crippen LogP contribution in [0, 0.1) is 0 Å². The highest BCUT2D eigenvalue weighted by Gasteiger charge is 2.43. The van der Waals surface area contributed by atoms with Crippen molar-refractivity contribution in [3.63, 3.8) is 0 Å². The van der Waals surface area contributed by atoms with E-state index in [-0.39, 0.29) is 18.4 Å². The van der Waals surface area contributed by atoms with Crippen LogP contribution in [0.3, 0.4) is 0 Å². The van der Waals surface area contributed by atoms with Crippen molar-refractivity contribution < 1.29 is 14.4 Å². The molecule has 134 valence electrons. The van der Waals surface area contributed by atoms with E-state index >= 15 is 0 Å². The molecule has 1 aliphatic rings. The SMILES string of the molecule is C[C@@H]1C(=O)N(CC(=O)NCCc2ccccc2)C(=O)N1c1ccccc1. The summed E-state index contributed by atoms with van der Waals surface area (Å²) in [5, 5.41) is 2.77. The minimum absolute atomic E-state index is 0.264. The smallest absolute Gasteiger partial charge is 0.332 e. The summed E-state index contributed by atoms with van der Waals surface area (Å²) >= 11 is 0. The third-order valence-electron chi connectivity index (χ3n) is 4.36. The fourth-order valence-electron chi connectivity index (χ4n) is 2.98. The van der Waals surface area contributed by atoms with Crippen molar-refractivity contribution in [2.75, 3.05) is 18.0 Å². The lowest BCUT2D eigenvalue weighted by Gasteiger charge is -2.19. The number of hydrogen-bond donors (Lipinski definition) is 1. The van der Waals surface area contributed by atoms with Crippen LogP contribution >= 0.6 is 0 Å². The highest BCUT2D eigenvalue weighted by atomic mass is 16.2. The summed E-state index contributed by atoms with van der Waals surface area (Å²) in [6, 6.07) is 17.7. The number of anilines is 1. The predicted octanol–water partition coefficient (Wildman–Crippen LogP) is 2.20. The minimum atomic E-state index is -0.623. The zero-order chi connectivity index (χ0) is 18.5. The molecular weight excluding hydrogens is 330 g/mol. The Balaban J connectivity index is 1.58. The molecule has 1 aliphatic heterocycles. The van der Waals surface area contributed by atoms with Crippen molar-refractivity contribution in [2.24, 2.45) is 0 Å². The third kappa shape index (κ3) is 3.74. The number of carbonyl (C=O) groups excluding carboxylic acids is 3. The molecule has 0 bridgehead atoms. The Labute approximate surface area is 152 Å². The van der Waals surface area contributed by atoms with Gasteiger partial charge in [-0.2, -0.15) is 0 Å². The number of imide groups is 1. The Morgan fingerprint density at radius 3 is 2.27 bits per heavy atom. The molecule has 6 nitrogen and oxygen atoms in total. The van der Waals surface area contributed by atoms with E-state index in [1.807, 2.05) is 36.4 Å². The van der Waals surface area contributed by atoms with Gasteiger partial charge in [-0.05, 0) is 31.0 Å². The van der Waals surface area contributed by atoms with E-state index in [0.29, 0.717) is 18.7 Å². The number of urea groups is 1. The largest absolute Gasteiger partial charge is 0.354 e. The third-order valence-corrected chi connectivity index (χ3v) is 4.36. The molecule has 0 spiro atoms. The van der Waals surface area contributed by atoms with Gasteiger partial charge in [0.2, 0.25) is 5.91 Å². The second-order valence-corrected chi connectivity index (χ2v) is 6.17. The number of nitrogens with one attached hydrogen (secondary N) is 1. The number of benzene rings is 2. The van der Waals surface area contributed by atoms with Gasteiger partial charge in [0.25, 0.3) is 5.91 Å². The molecule has 1 heterocycles. The zero-order valence-electron chi connectivity index (χ0n) is 14.6. The topological polar surface area (TPSA) is 69.7 Å². The lowest BCUT2D eigenvalue weighted by atomic mass is 10.1. The van der Waals surface area contributed by atoms with E-state index in [2.05, 4.69) is 5.32 Å². The van der Waals surface area contributed by atoms with E-state index in [4.69, 9.17) is 0 Å². The van der Waals surface area contributed by atoms with Crippen molar-refractivity contribution in [3.8, 4) is 0 Å². The number of carbonyl (C=O) groups is 3. The Morgan fingerprint density at radius 1 is 1.00 bits per heavy atom. The van der Waals surface area contributed by atoms with Crippen molar-refractivity contribution in [2.45, 2.75) is 19.4 Å². The highest BCUT2D eigenvalue weighted by molar-refractivity contribution is 6.15. The molecule has 1 N–H and O–H groups in total. The number of nitrogens with zero attached hydrogens (tertiary/aromatic N) is 2. The summed E-state index contributed by atoms with van der Waals surface area (Å²) in [6.45, 7) is 1.86. The first-order valence-electron chi connectivity index (χ1n) is 8.58. The van der Waals surface area contributed by atoms with Gasteiger partial charge in [0.05, 0.1) is 0 Å². The molecule has 4 amide bonds. The van der Waals surface area contributed by atoms with Crippen LogP contribution in [-0.2, 0) is 16.0 Å². The van der Waals surface area contributed by atoms with Crippen LogP contribution in [0.5, 0.6) is 0 Å². The fraction of sp³-hybridized carbons (Fsp3) is 0.250. The Bertz CT molecular complexity index is 792. The monoisotopic (exact) mass is 351 g/mol. The van der Waals surface area contributed by atoms with Crippen LogP contribution in [0.1, 0.15) is 12.5 Å². The van der Waals surface area contributed by atoms with Gasteiger partial charge in [0.15, 0.2) is 0 Å². The van der Waals surface area contributed by atoms with Crippen LogP contribution in [0.2, 0.25) is 0 Å². The van der Waals surface area contributed by atoms with Crippen LogP contribution in [-0.4, -0.2) is 41.9 Å². The summed E-state index contributed by atoms with van der Waals surface area (Å²) in [5.41, 5.74) is 1.76. The molecule has 0 aromatic heterocycles. The summed E-state index contributed by atoms with van der Waals surface area (Å²) < 4.78 is 0. The van der Waals surface area contributed by atoms with Gasteiger partial charge < -0.3 is 5.32 Å². The molecule has 0 aliphatic carbocycles. The fourth-order valence-corrected chi connectivity index (χ4v) is 2.98. The molecular formula is C20H21N3O3. The van der Waals surface area contributed by atoms with Gasteiger partial charge in [0.1, 0.15) is 12.6 Å². The number of rotatable bonds is 6. The van der Waals surface area contributed by atoms with Crippen LogP contribution in [0.4, 0.5) is 10.5 Å². The average Bonchev–Trinajstić information content (AvgIpc) is 2.87. The number of amides is 4. The normalized spacial score (nSPS) is 16.9. The lowest BCUT2D eigenvalue weighted by Crippen LogP contribution is -2.42. The van der Waals surface area contributed by atoms with Crippen LogP contribution < -0.4 is 10.2 Å². The van der Waals surface area contributed by atoms with E-state index in [0.717, 1.165) is 10.5 Å². The molecule has 0 saturated carbocycles. The van der Waals surface area contributed by atoms with Crippen molar-refractivity contribution in [1.29, 1.82) is 0 Å². The summed E-state index contributed by atoms with van der Waals surface area (Å²) in [4.78, 5) is 39.6. The maximum atomic E-state index is 12.6. The number of para-hydroxylation sites is 1. The minimum Gasteiger partial charge on any atom is -0.354 e. The lowest BCUT2D eigenvalue weighted by molar-refractivity contribution is -0.131. The Kier molecular flexibility index (Phi) is 5.31. The molecule has 0 unspecified atom stereocenters. The molecule has 1 saturated heterocycles. The molecule has 6 heteroatoms. The van der Waals surface area contributed by atoms with E-state index in [1.54, 1.807) is 31.2 Å². The first-order chi connectivity index (χ1) is 12.6. The average molecular weight is 351 g/mol. The number of hydrogen-bond acceptors (Lipinski definition) is 3. The van der Waals surface area contributed by atoms with Gasteiger partial charge in [-0.1, -0.05) is 48.5 Å². The van der Waals surface area contributed by atoms with Gasteiger partial charge in [-0.3, -0.25) is 19.4 Å². The molecule has 2 aromatic carbocycles. The van der Waals surface area contributed by atoms with E-state index < -0.39 is 12.1 Å².